The lowest BCUT2D eigenvalue weighted by Gasteiger charge is -2.19. The fourth-order valence-electron chi connectivity index (χ4n) is 2.67. The van der Waals surface area contributed by atoms with Crippen LogP contribution in [0.2, 0.25) is 0 Å². The SMILES string of the molecule is CCN(CC)Cc1cc(/C=C/S(N)(=O)=O)cc(C(=O)c2ccccc2)c1. The topological polar surface area (TPSA) is 80.5 Å². The van der Waals surface area contributed by atoms with E-state index in [-0.39, 0.29) is 5.78 Å². The highest BCUT2D eigenvalue weighted by molar-refractivity contribution is 7.92. The van der Waals surface area contributed by atoms with Gasteiger partial charge in [-0.15, -0.1) is 0 Å². The van der Waals surface area contributed by atoms with E-state index in [2.05, 4.69) is 18.7 Å². The van der Waals surface area contributed by atoms with E-state index in [9.17, 15) is 13.2 Å². The largest absolute Gasteiger partial charge is 0.300 e. The number of nitrogens with two attached hydrogens (primary N) is 1. The maximum absolute atomic E-state index is 12.8. The van der Waals surface area contributed by atoms with E-state index >= 15 is 0 Å². The molecule has 2 aromatic carbocycles. The first-order chi connectivity index (χ1) is 12.3. The summed E-state index contributed by atoms with van der Waals surface area (Å²) < 4.78 is 22.4. The first-order valence-electron chi connectivity index (χ1n) is 8.49. The number of benzene rings is 2. The summed E-state index contributed by atoms with van der Waals surface area (Å²) in [6.07, 6.45) is 1.42. The Bertz CT molecular complexity index is 887. The van der Waals surface area contributed by atoms with Gasteiger partial charge >= 0.3 is 0 Å². The zero-order chi connectivity index (χ0) is 19.2. The highest BCUT2D eigenvalue weighted by atomic mass is 32.2. The van der Waals surface area contributed by atoms with Gasteiger partial charge in [0.2, 0.25) is 10.0 Å². The Morgan fingerprint density at radius 3 is 2.27 bits per heavy atom. The Morgan fingerprint density at radius 1 is 1.04 bits per heavy atom. The number of sulfonamides is 1. The number of hydrogen-bond donors (Lipinski definition) is 1. The second kappa shape index (κ2) is 8.89. The molecule has 0 spiro atoms. The van der Waals surface area contributed by atoms with Crippen LogP contribution in [0, 0.1) is 0 Å². The van der Waals surface area contributed by atoms with Crippen LogP contribution in [0.5, 0.6) is 0 Å². The van der Waals surface area contributed by atoms with Crippen molar-refractivity contribution in [1.29, 1.82) is 0 Å². The van der Waals surface area contributed by atoms with Crippen LogP contribution in [0.3, 0.4) is 0 Å². The molecule has 138 valence electrons. The summed E-state index contributed by atoms with van der Waals surface area (Å²) in [6.45, 7) is 6.60. The minimum absolute atomic E-state index is 0.0998. The summed E-state index contributed by atoms with van der Waals surface area (Å²) >= 11 is 0. The molecule has 0 saturated carbocycles. The van der Waals surface area contributed by atoms with Crippen molar-refractivity contribution in [2.75, 3.05) is 13.1 Å². The van der Waals surface area contributed by atoms with E-state index in [1.165, 1.54) is 6.08 Å². The van der Waals surface area contributed by atoms with E-state index in [0.29, 0.717) is 23.2 Å². The van der Waals surface area contributed by atoms with Gasteiger partial charge in [0.1, 0.15) is 0 Å². The Labute approximate surface area is 155 Å². The highest BCUT2D eigenvalue weighted by Crippen LogP contribution is 2.18. The minimum atomic E-state index is -3.73. The average Bonchev–Trinajstić information content (AvgIpc) is 2.64. The lowest BCUT2D eigenvalue weighted by Crippen LogP contribution is -2.22. The number of rotatable bonds is 8. The minimum Gasteiger partial charge on any atom is -0.300 e. The summed E-state index contributed by atoms with van der Waals surface area (Å²) in [5.74, 6) is -0.0998. The number of ketones is 1. The normalized spacial score (nSPS) is 12.0. The maximum atomic E-state index is 12.8. The fraction of sp³-hybridized carbons (Fsp3) is 0.250. The van der Waals surface area contributed by atoms with Crippen LogP contribution in [0.1, 0.15) is 40.9 Å². The number of carbonyl (C=O) groups excluding carboxylic acids is 1. The lowest BCUT2D eigenvalue weighted by molar-refractivity contribution is 0.103. The fourth-order valence-corrected chi connectivity index (χ4v) is 3.02. The van der Waals surface area contributed by atoms with Gasteiger partial charge in [-0.2, -0.15) is 0 Å². The highest BCUT2D eigenvalue weighted by Gasteiger charge is 2.12. The van der Waals surface area contributed by atoms with Crippen LogP contribution in [0.25, 0.3) is 6.08 Å². The molecule has 5 nitrogen and oxygen atoms in total. The van der Waals surface area contributed by atoms with E-state index in [4.69, 9.17) is 5.14 Å². The molecule has 0 aromatic heterocycles. The van der Waals surface area contributed by atoms with Gasteiger partial charge in [0.25, 0.3) is 0 Å². The van der Waals surface area contributed by atoms with Gasteiger partial charge in [-0.25, -0.2) is 13.6 Å². The van der Waals surface area contributed by atoms with Crippen molar-refractivity contribution in [1.82, 2.24) is 4.90 Å². The first kappa shape index (κ1) is 20.0. The van der Waals surface area contributed by atoms with Gasteiger partial charge in [0.05, 0.1) is 0 Å². The molecule has 0 amide bonds. The molecule has 0 fully saturated rings. The number of hydrogen-bond acceptors (Lipinski definition) is 4. The van der Waals surface area contributed by atoms with Gasteiger partial charge in [0.15, 0.2) is 5.78 Å². The molecule has 2 N–H and O–H groups in total. The third-order valence-corrected chi connectivity index (χ3v) is 4.58. The van der Waals surface area contributed by atoms with Crippen molar-refractivity contribution in [3.8, 4) is 0 Å². The third kappa shape index (κ3) is 5.91. The molecule has 0 radical (unpaired) electrons. The van der Waals surface area contributed by atoms with E-state index in [0.717, 1.165) is 24.1 Å². The zero-order valence-corrected chi connectivity index (χ0v) is 15.9. The van der Waals surface area contributed by atoms with Crippen molar-refractivity contribution in [2.45, 2.75) is 20.4 Å². The molecule has 2 aromatic rings. The molecule has 0 aliphatic rings. The van der Waals surface area contributed by atoms with Crippen LogP contribution < -0.4 is 5.14 Å². The van der Waals surface area contributed by atoms with Crippen LogP contribution in [-0.4, -0.2) is 32.2 Å². The van der Waals surface area contributed by atoms with E-state index in [1.54, 1.807) is 18.2 Å². The monoisotopic (exact) mass is 372 g/mol. The summed E-state index contributed by atoms with van der Waals surface area (Å²) in [4.78, 5) is 15.0. The zero-order valence-electron chi connectivity index (χ0n) is 15.1. The van der Waals surface area contributed by atoms with Gasteiger partial charge in [0, 0.05) is 23.1 Å². The van der Waals surface area contributed by atoms with Gasteiger partial charge in [-0.05, 0) is 42.4 Å². The molecule has 0 saturated heterocycles. The Balaban J connectivity index is 2.45. The predicted molar refractivity (Wildman–Crippen MR) is 105 cm³/mol. The van der Waals surface area contributed by atoms with Crippen molar-refractivity contribution in [2.24, 2.45) is 5.14 Å². The number of nitrogens with zero attached hydrogens (tertiary/aromatic N) is 1. The van der Waals surface area contributed by atoms with Crippen molar-refractivity contribution in [3.05, 3.63) is 76.2 Å². The quantitative estimate of drug-likeness (QED) is 0.722. The van der Waals surface area contributed by atoms with Crippen molar-refractivity contribution < 1.29 is 13.2 Å². The van der Waals surface area contributed by atoms with Gasteiger partial charge in [-0.1, -0.05) is 50.2 Å². The van der Waals surface area contributed by atoms with Crippen LogP contribution in [0.4, 0.5) is 0 Å². The van der Waals surface area contributed by atoms with Crippen molar-refractivity contribution >= 4 is 21.9 Å². The Morgan fingerprint density at radius 2 is 1.69 bits per heavy atom. The second-order valence-electron chi connectivity index (χ2n) is 6.01. The molecule has 0 unspecified atom stereocenters. The number of primary sulfonamides is 1. The average molecular weight is 372 g/mol. The van der Waals surface area contributed by atoms with Gasteiger partial charge < -0.3 is 0 Å². The second-order valence-corrected chi connectivity index (χ2v) is 7.46. The van der Waals surface area contributed by atoms with Gasteiger partial charge in [-0.3, -0.25) is 9.69 Å². The molecule has 26 heavy (non-hydrogen) atoms. The maximum Gasteiger partial charge on any atom is 0.231 e. The molecular weight excluding hydrogens is 348 g/mol. The third-order valence-electron chi connectivity index (χ3n) is 4.06. The lowest BCUT2D eigenvalue weighted by atomic mass is 9.98. The standard InChI is InChI=1S/C20H24N2O3S/c1-3-22(4-2)15-17-12-16(10-11-26(21,24)25)13-19(14-17)20(23)18-8-6-5-7-9-18/h5-14H,3-4,15H2,1-2H3,(H2,21,24,25)/b11-10+. The van der Waals surface area contributed by atoms with E-state index < -0.39 is 10.0 Å². The molecule has 0 atom stereocenters. The molecule has 0 aliphatic carbocycles. The molecule has 2 rings (SSSR count). The molecule has 0 aliphatic heterocycles. The summed E-state index contributed by atoms with van der Waals surface area (Å²) in [5, 5.41) is 5.99. The summed E-state index contributed by atoms with van der Waals surface area (Å²) in [7, 11) is -3.73. The van der Waals surface area contributed by atoms with Crippen LogP contribution in [0.15, 0.2) is 53.9 Å². The predicted octanol–water partition coefficient (Wildman–Crippen LogP) is 3.02. The van der Waals surface area contributed by atoms with Crippen LogP contribution in [-0.2, 0) is 16.6 Å². The smallest absolute Gasteiger partial charge is 0.231 e. The summed E-state index contributed by atoms with van der Waals surface area (Å²) in [6, 6.07) is 14.4. The van der Waals surface area contributed by atoms with Crippen LogP contribution >= 0.6 is 0 Å². The van der Waals surface area contributed by atoms with Crippen molar-refractivity contribution in [3.63, 3.8) is 0 Å². The Hall–Kier alpha value is -2.28. The summed E-state index contributed by atoms with van der Waals surface area (Å²) in [5.41, 5.74) is 2.69. The molecular formula is C20H24N2O3S. The molecule has 6 heteroatoms. The van der Waals surface area contributed by atoms with E-state index in [1.807, 2.05) is 30.3 Å². The Kier molecular flexibility index (Phi) is 6.85. The number of carbonyl (C=O) groups is 1. The molecule has 0 heterocycles. The molecule has 0 bridgehead atoms. The first-order valence-corrected chi connectivity index (χ1v) is 10.1.